The fourth-order valence-corrected chi connectivity index (χ4v) is 3.57. The van der Waals surface area contributed by atoms with Crippen LogP contribution in [0.3, 0.4) is 0 Å². The van der Waals surface area contributed by atoms with Crippen molar-refractivity contribution in [3.63, 3.8) is 0 Å². The van der Waals surface area contributed by atoms with Crippen molar-refractivity contribution in [1.82, 2.24) is 0 Å². The van der Waals surface area contributed by atoms with Gasteiger partial charge in [0.15, 0.2) is 0 Å². The molecule has 0 N–H and O–H groups in total. The van der Waals surface area contributed by atoms with Gasteiger partial charge in [-0.2, -0.15) is 0 Å². The van der Waals surface area contributed by atoms with Crippen LogP contribution < -0.4 is 4.90 Å². The molecule has 0 saturated heterocycles. The summed E-state index contributed by atoms with van der Waals surface area (Å²) in [7, 11) is 0. The Labute approximate surface area is 176 Å². The molecular formula is C28H31N. The maximum atomic E-state index is 2.45. The van der Waals surface area contributed by atoms with Gasteiger partial charge in [0.1, 0.15) is 0 Å². The SMILES string of the molecule is C/C=C/C=C(\C=C(C)C)N(c1ccc(-c2ccccc2)cc1)C1C=CC(C)=CC1. The van der Waals surface area contributed by atoms with E-state index in [9.17, 15) is 0 Å². The lowest BCUT2D eigenvalue weighted by atomic mass is 9.99. The third-order valence-corrected chi connectivity index (χ3v) is 5.02. The van der Waals surface area contributed by atoms with Gasteiger partial charge in [-0.05, 0) is 69.5 Å². The average molecular weight is 382 g/mol. The Balaban J connectivity index is 2.02. The van der Waals surface area contributed by atoms with Crippen LogP contribution in [0.25, 0.3) is 11.1 Å². The van der Waals surface area contributed by atoms with Crippen LogP contribution in [0, 0.1) is 0 Å². The Morgan fingerprint density at radius 2 is 1.66 bits per heavy atom. The van der Waals surface area contributed by atoms with Gasteiger partial charge in [-0.1, -0.05) is 84.0 Å². The van der Waals surface area contributed by atoms with Gasteiger partial charge in [0, 0.05) is 11.4 Å². The second-order valence-corrected chi connectivity index (χ2v) is 7.73. The summed E-state index contributed by atoms with van der Waals surface area (Å²) in [6.45, 7) is 8.53. The molecule has 1 unspecified atom stereocenters. The molecule has 1 aliphatic carbocycles. The third kappa shape index (κ3) is 5.48. The first-order chi connectivity index (χ1) is 14.1. The van der Waals surface area contributed by atoms with E-state index in [1.54, 1.807) is 0 Å². The highest BCUT2D eigenvalue weighted by Crippen LogP contribution is 2.30. The summed E-state index contributed by atoms with van der Waals surface area (Å²) in [4.78, 5) is 2.45. The van der Waals surface area contributed by atoms with Crippen LogP contribution in [-0.4, -0.2) is 6.04 Å². The molecule has 1 heteroatoms. The topological polar surface area (TPSA) is 3.24 Å². The molecule has 1 aliphatic rings. The lowest BCUT2D eigenvalue weighted by Crippen LogP contribution is -2.33. The van der Waals surface area contributed by atoms with Crippen molar-refractivity contribution >= 4 is 5.69 Å². The first-order valence-corrected chi connectivity index (χ1v) is 10.4. The van der Waals surface area contributed by atoms with Crippen molar-refractivity contribution in [2.45, 2.75) is 40.2 Å². The molecule has 0 aliphatic heterocycles. The van der Waals surface area contributed by atoms with E-state index in [0.29, 0.717) is 6.04 Å². The zero-order chi connectivity index (χ0) is 20.6. The second-order valence-electron chi connectivity index (χ2n) is 7.73. The first-order valence-electron chi connectivity index (χ1n) is 10.4. The van der Waals surface area contributed by atoms with Crippen LogP contribution in [0.15, 0.2) is 114 Å². The molecule has 0 bridgehead atoms. The summed E-state index contributed by atoms with van der Waals surface area (Å²) in [6.07, 6.45) is 16.6. The van der Waals surface area contributed by atoms with Crippen LogP contribution in [0.1, 0.15) is 34.1 Å². The largest absolute Gasteiger partial charge is 0.334 e. The molecule has 0 fully saturated rings. The monoisotopic (exact) mass is 381 g/mol. The minimum absolute atomic E-state index is 0.299. The number of allylic oxidation sites excluding steroid dienone is 7. The Bertz CT molecular complexity index is 949. The molecule has 1 nitrogen and oxygen atoms in total. The first kappa shape index (κ1) is 20.7. The Kier molecular flexibility index (Phi) is 7.08. The highest BCUT2D eigenvalue weighted by atomic mass is 15.2. The molecule has 0 radical (unpaired) electrons. The van der Waals surface area contributed by atoms with E-state index in [-0.39, 0.29) is 0 Å². The van der Waals surface area contributed by atoms with Crippen LogP contribution in [0.4, 0.5) is 5.69 Å². The van der Waals surface area contributed by atoms with E-state index in [0.717, 1.165) is 6.42 Å². The summed E-state index contributed by atoms with van der Waals surface area (Å²) < 4.78 is 0. The van der Waals surface area contributed by atoms with E-state index >= 15 is 0 Å². The van der Waals surface area contributed by atoms with E-state index in [1.165, 1.54) is 33.7 Å². The van der Waals surface area contributed by atoms with Crippen molar-refractivity contribution in [3.8, 4) is 11.1 Å². The lowest BCUT2D eigenvalue weighted by molar-refractivity contribution is 0.757. The van der Waals surface area contributed by atoms with Gasteiger partial charge < -0.3 is 4.90 Å². The van der Waals surface area contributed by atoms with Gasteiger partial charge in [-0.25, -0.2) is 0 Å². The number of hydrogen-bond acceptors (Lipinski definition) is 1. The van der Waals surface area contributed by atoms with Crippen molar-refractivity contribution in [2.75, 3.05) is 4.90 Å². The Morgan fingerprint density at radius 3 is 2.24 bits per heavy atom. The highest BCUT2D eigenvalue weighted by molar-refractivity contribution is 5.68. The summed E-state index contributed by atoms with van der Waals surface area (Å²) >= 11 is 0. The zero-order valence-electron chi connectivity index (χ0n) is 18.0. The van der Waals surface area contributed by atoms with Crippen molar-refractivity contribution in [1.29, 1.82) is 0 Å². The normalized spacial score (nSPS) is 16.6. The van der Waals surface area contributed by atoms with Gasteiger partial charge in [0.25, 0.3) is 0 Å². The smallest absolute Gasteiger partial charge is 0.0560 e. The molecule has 1 atom stereocenters. The third-order valence-electron chi connectivity index (χ3n) is 5.02. The van der Waals surface area contributed by atoms with Crippen molar-refractivity contribution < 1.29 is 0 Å². The second kappa shape index (κ2) is 9.93. The van der Waals surface area contributed by atoms with E-state index in [2.05, 4.69) is 130 Å². The van der Waals surface area contributed by atoms with Crippen LogP contribution in [0.5, 0.6) is 0 Å². The summed E-state index contributed by atoms with van der Waals surface area (Å²) in [5.41, 5.74) is 7.53. The molecule has 0 heterocycles. The zero-order valence-corrected chi connectivity index (χ0v) is 18.0. The molecule has 0 saturated carbocycles. The highest BCUT2D eigenvalue weighted by Gasteiger charge is 2.20. The van der Waals surface area contributed by atoms with Crippen LogP contribution >= 0.6 is 0 Å². The summed E-state index contributed by atoms with van der Waals surface area (Å²) in [5, 5.41) is 0. The van der Waals surface area contributed by atoms with Gasteiger partial charge in [-0.15, -0.1) is 0 Å². The molecule has 29 heavy (non-hydrogen) atoms. The Morgan fingerprint density at radius 1 is 0.966 bits per heavy atom. The van der Waals surface area contributed by atoms with E-state index in [1.807, 2.05) is 0 Å². The maximum Gasteiger partial charge on any atom is 0.0560 e. The number of anilines is 1. The number of hydrogen-bond donors (Lipinski definition) is 0. The van der Waals surface area contributed by atoms with Gasteiger partial charge in [-0.3, -0.25) is 0 Å². The van der Waals surface area contributed by atoms with E-state index < -0.39 is 0 Å². The molecular weight excluding hydrogens is 350 g/mol. The molecule has 2 aromatic carbocycles. The lowest BCUT2D eigenvalue weighted by Gasteiger charge is -2.34. The predicted octanol–water partition coefficient (Wildman–Crippen LogP) is 7.86. The van der Waals surface area contributed by atoms with Crippen LogP contribution in [-0.2, 0) is 0 Å². The van der Waals surface area contributed by atoms with Gasteiger partial charge >= 0.3 is 0 Å². The standard InChI is InChI=1S/C28H31N/c1-5-6-12-28(21-22(2)3)29(26-17-13-23(4)14-18-26)27-19-15-25(16-20-27)24-10-8-7-9-11-24/h5-17,19-21,26H,18H2,1-4H3/b6-5+,28-12+. The van der Waals surface area contributed by atoms with Gasteiger partial charge in [0.2, 0.25) is 0 Å². The average Bonchev–Trinajstić information content (AvgIpc) is 2.74. The fourth-order valence-electron chi connectivity index (χ4n) is 3.57. The molecule has 2 aromatic rings. The van der Waals surface area contributed by atoms with Gasteiger partial charge in [0.05, 0.1) is 6.04 Å². The molecule has 0 amide bonds. The summed E-state index contributed by atoms with van der Waals surface area (Å²) in [6, 6.07) is 19.8. The minimum Gasteiger partial charge on any atom is -0.334 e. The van der Waals surface area contributed by atoms with E-state index in [4.69, 9.17) is 0 Å². The van der Waals surface area contributed by atoms with Crippen molar-refractivity contribution in [3.05, 3.63) is 114 Å². The quantitative estimate of drug-likeness (QED) is 0.460. The molecule has 3 rings (SSSR count). The minimum atomic E-state index is 0.299. The molecule has 148 valence electrons. The molecule has 0 aromatic heterocycles. The number of benzene rings is 2. The molecule has 0 spiro atoms. The fraction of sp³-hybridized carbons (Fsp3) is 0.214. The Hall–Kier alpha value is -3.06. The van der Waals surface area contributed by atoms with Crippen molar-refractivity contribution in [2.24, 2.45) is 0 Å². The number of rotatable bonds is 6. The predicted molar refractivity (Wildman–Crippen MR) is 128 cm³/mol. The van der Waals surface area contributed by atoms with Crippen LogP contribution in [0.2, 0.25) is 0 Å². The summed E-state index contributed by atoms with van der Waals surface area (Å²) in [5.74, 6) is 0. The maximum absolute atomic E-state index is 2.45. The number of nitrogens with zero attached hydrogens (tertiary/aromatic N) is 1.